The Morgan fingerprint density at radius 3 is 3.00 bits per heavy atom. The molecule has 0 saturated heterocycles. The first kappa shape index (κ1) is 12.6. The molecule has 0 fully saturated rings. The largest absolute Gasteiger partial charge is 0.441 e. The molecule has 0 atom stereocenters. The van der Waals surface area contributed by atoms with Crippen LogP contribution in [0.4, 0.5) is 5.69 Å². The molecule has 1 aromatic heterocycles. The van der Waals surface area contributed by atoms with E-state index in [9.17, 15) is 4.79 Å². The second kappa shape index (κ2) is 5.18. The summed E-state index contributed by atoms with van der Waals surface area (Å²) in [5, 5.41) is 0. The molecule has 0 saturated carbocycles. The number of carbonyl (C=O) groups is 1. The third-order valence-electron chi connectivity index (χ3n) is 2.83. The molecule has 2 aromatic rings. The summed E-state index contributed by atoms with van der Waals surface area (Å²) in [6.45, 7) is 2.33. The summed E-state index contributed by atoms with van der Waals surface area (Å²) < 4.78 is 5.40. The van der Waals surface area contributed by atoms with Crippen molar-refractivity contribution >= 4 is 22.7 Å². The minimum Gasteiger partial charge on any atom is -0.441 e. The van der Waals surface area contributed by atoms with E-state index in [0.717, 1.165) is 16.8 Å². The summed E-state index contributed by atoms with van der Waals surface area (Å²) in [6.07, 6.45) is 1.16. The summed E-state index contributed by atoms with van der Waals surface area (Å²) in [5.41, 5.74) is 7.72. The summed E-state index contributed by atoms with van der Waals surface area (Å²) in [7, 11) is 1.76. The van der Waals surface area contributed by atoms with Crippen molar-refractivity contribution in [1.29, 1.82) is 0 Å². The molecule has 1 heterocycles. The summed E-state index contributed by atoms with van der Waals surface area (Å²) in [4.78, 5) is 17.7. The molecule has 18 heavy (non-hydrogen) atoms. The molecule has 2 rings (SSSR count). The fourth-order valence-electron chi connectivity index (χ4n) is 1.80. The Labute approximate surface area is 106 Å². The van der Waals surface area contributed by atoms with E-state index in [0.29, 0.717) is 25.3 Å². The molecular formula is C13H17N3O2. The zero-order valence-corrected chi connectivity index (χ0v) is 10.6. The molecule has 2 N–H and O–H groups in total. The number of oxazole rings is 1. The number of aromatic nitrogens is 1. The van der Waals surface area contributed by atoms with Crippen molar-refractivity contribution in [2.24, 2.45) is 5.73 Å². The fraction of sp³-hybridized carbons (Fsp3) is 0.385. The van der Waals surface area contributed by atoms with Crippen LogP contribution in [-0.4, -0.2) is 24.5 Å². The van der Waals surface area contributed by atoms with E-state index >= 15 is 0 Å². The molecular weight excluding hydrogens is 230 g/mol. The Bertz CT molecular complexity index is 562. The van der Waals surface area contributed by atoms with Gasteiger partial charge in [0.25, 0.3) is 0 Å². The molecule has 96 valence electrons. The van der Waals surface area contributed by atoms with Crippen LogP contribution in [0.1, 0.15) is 18.7 Å². The predicted molar refractivity (Wildman–Crippen MR) is 70.4 cm³/mol. The molecule has 0 spiro atoms. The fourth-order valence-corrected chi connectivity index (χ4v) is 1.80. The van der Waals surface area contributed by atoms with Crippen LogP contribution in [0.5, 0.6) is 0 Å². The van der Waals surface area contributed by atoms with E-state index in [-0.39, 0.29) is 5.91 Å². The maximum absolute atomic E-state index is 11.9. The van der Waals surface area contributed by atoms with Gasteiger partial charge in [-0.3, -0.25) is 4.79 Å². The van der Waals surface area contributed by atoms with Crippen molar-refractivity contribution in [1.82, 2.24) is 4.98 Å². The summed E-state index contributed by atoms with van der Waals surface area (Å²) in [5.74, 6) is 0.680. The van der Waals surface area contributed by atoms with Gasteiger partial charge in [0.15, 0.2) is 11.5 Å². The van der Waals surface area contributed by atoms with Crippen molar-refractivity contribution < 1.29 is 9.21 Å². The Kier molecular flexibility index (Phi) is 3.62. The monoisotopic (exact) mass is 247 g/mol. The van der Waals surface area contributed by atoms with E-state index in [1.54, 1.807) is 18.9 Å². The number of benzene rings is 1. The number of hydrogen-bond donors (Lipinski definition) is 1. The predicted octanol–water partition coefficient (Wildman–Crippen LogP) is 1.84. The lowest BCUT2D eigenvalue weighted by molar-refractivity contribution is -0.118. The molecule has 0 aliphatic rings. The maximum atomic E-state index is 11.9. The molecule has 5 nitrogen and oxygen atoms in total. The molecule has 0 unspecified atom stereocenters. The number of amides is 1. The van der Waals surface area contributed by atoms with Crippen molar-refractivity contribution in [3.8, 4) is 0 Å². The topological polar surface area (TPSA) is 72.4 Å². The Morgan fingerprint density at radius 2 is 2.28 bits per heavy atom. The lowest BCUT2D eigenvalue weighted by atomic mass is 10.2. The van der Waals surface area contributed by atoms with Crippen LogP contribution in [0.15, 0.2) is 22.6 Å². The molecule has 0 aliphatic carbocycles. The van der Waals surface area contributed by atoms with Crippen LogP contribution in [0.3, 0.4) is 0 Å². The van der Waals surface area contributed by atoms with Crippen molar-refractivity contribution in [2.45, 2.75) is 19.8 Å². The molecule has 0 radical (unpaired) electrons. The Balaban J connectivity index is 2.21. The highest BCUT2D eigenvalue weighted by atomic mass is 16.3. The van der Waals surface area contributed by atoms with Crippen molar-refractivity contribution in [2.75, 3.05) is 18.5 Å². The van der Waals surface area contributed by atoms with E-state index in [1.807, 2.05) is 18.2 Å². The number of anilines is 1. The number of fused-ring (bicyclic) bond motifs is 1. The number of nitrogens with zero attached hydrogens (tertiary/aromatic N) is 2. The minimum atomic E-state index is 0.0556. The first-order valence-electron chi connectivity index (χ1n) is 5.95. The smallest absolute Gasteiger partial charge is 0.226 e. The number of hydrogen-bond acceptors (Lipinski definition) is 4. The lowest BCUT2D eigenvalue weighted by Crippen LogP contribution is -2.26. The standard InChI is InChI=1S/C13H17N3O2/c1-9-15-11-8-10(5-6-12(11)18-9)16(2)13(17)4-3-7-14/h5-6,8H,3-4,7,14H2,1-2H3. The second-order valence-corrected chi connectivity index (χ2v) is 4.23. The first-order chi connectivity index (χ1) is 8.61. The molecule has 1 aromatic carbocycles. The first-order valence-corrected chi connectivity index (χ1v) is 5.95. The van der Waals surface area contributed by atoms with Gasteiger partial charge in [-0.1, -0.05) is 0 Å². The molecule has 0 bridgehead atoms. The number of carbonyl (C=O) groups excluding carboxylic acids is 1. The van der Waals surface area contributed by atoms with Gasteiger partial charge in [0, 0.05) is 26.1 Å². The number of aryl methyl sites for hydroxylation is 1. The quantitative estimate of drug-likeness (QED) is 0.894. The Hall–Kier alpha value is -1.88. The average molecular weight is 247 g/mol. The normalized spacial score (nSPS) is 10.8. The third kappa shape index (κ3) is 2.51. The van der Waals surface area contributed by atoms with Gasteiger partial charge < -0.3 is 15.1 Å². The van der Waals surface area contributed by atoms with E-state index in [1.165, 1.54) is 0 Å². The lowest BCUT2D eigenvalue weighted by Gasteiger charge is -2.16. The maximum Gasteiger partial charge on any atom is 0.226 e. The second-order valence-electron chi connectivity index (χ2n) is 4.23. The van der Waals surface area contributed by atoms with Crippen LogP contribution in [-0.2, 0) is 4.79 Å². The van der Waals surface area contributed by atoms with Crippen molar-refractivity contribution in [3.05, 3.63) is 24.1 Å². The third-order valence-corrected chi connectivity index (χ3v) is 2.83. The van der Waals surface area contributed by atoms with Crippen LogP contribution < -0.4 is 10.6 Å². The van der Waals surface area contributed by atoms with Gasteiger partial charge in [-0.15, -0.1) is 0 Å². The van der Waals surface area contributed by atoms with Crippen molar-refractivity contribution in [3.63, 3.8) is 0 Å². The van der Waals surface area contributed by atoms with Gasteiger partial charge in [0.2, 0.25) is 5.91 Å². The van der Waals surface area contributed by atoms with E-state index in [4.69, 9.17) is 10.2 Å². The number of nitrogens with two attached hydrogens (primary N) is 1. The molecule has 5 heteroatoms. The highest BCUT2D eigenvalue weighted by Gasteiger charge is 2.12. The summed E-state index contributed by atoms with van der Waals surface area (Å²) in [6, 6.07) is 5.54. The highest BCUT2D eigenvalue weighted by Crippen LogP contribution is 2.22. The van der Waals surface area contributed by atoms with Gasteiger partial charge in [-0.05, 0) is 31.2 Å². The number of rotatable bonds is 4. The van der Waals surface area contributed by atoms with Crippen LogP contribution >= 0.6 is 0 Å². The van der Waals surface area contributed by atoms with Crippen LogP contribution in [0, 0.1) is 6.92 Å². The minimum absolute atomic E-state index is 0.0556. The van der Waals surface area contributed by atoms with Gasteiger partial charge in [0.1, 0.15) is 5.52 Å². The SMILES string of the molecule is Cc1nc2cc(N(C)C(=O)CCCN)ccc2o1. The van der Waals surface area contributed by atoms with E-state index < -0.39 is 0 Å². The highest BCUT2D eigenvalue weighted by molar-refractivity contribution is 5.94. The summed E-state index contributed by atoms with van der Waals surface area (Å²) >= 11 is 0. The zero-order valence-electron chi connectivity index (χ0n) is 10.6. The molecule has 0 aliphatic heterocycles. The van der Waals surface area contributed by atoms with Crippen LogP contribution in [0.2, 0.25) is 0 Å². The zero-order chi connectivity index (χ0) is 13.1. The van der Waals surface area contributed by atoms with Gasteiger partial charge >= 0.3 is 0 Å². The van der Waals surface area contributed by atoms with E-state index in [2.05, 4.69) is 4.98 Å². The average Bonchev–Trinajstić information content (AvgIpc) is 2.73. The molecule has 1 amide bonds. The Morgan fingerprint density at radius 1 is 1.50 bits per heavy atom. The van der Waals surface area contributed by atoms with Gasteiger partial charge in [-0.2, -0.15) is 0 Å². The van der Waals surface area contributed by atoms with Crippen LogP contribution in [0.25, 0.3) is 11.1 Å². The van der Waals surface area contributed by atoms with Gasteiger partial charge in [0.05, 0.1) is 0 Å². The van der Waals surface area contributed by atoms with Gasteiger partial charge in [-0.25, -0.2) is 4.98 Å².